The summed E-state index contributed by atoms with van der Waals surface area (Å²) in [6.07, 6.45) is 3.48. The molecule has 1 atom stereocenters. The molecular weight excluding hydrogens is 168 g/mol. The molecule has 1 aliphatic heterocycles. The molecule has 13 heavy (non-hydrogen) atoms. The number of ketones is 1. The molecule has 0 amide bonds. The van der Waals surface area contributed by atoms with Crippen molar-refractivity contribution in [3.63, 3.8) is 0 Å². The van der Waals surface area contributed by atoms with Gasteiger partial charge in [-0.2, -0.15) is 0 Å². The number of ether oxygens (including phenoxy) is 2. The molecular formula is C10H16O3. The molecule has 0 N–H and O–H groups in total. The topological polar surface area (TPSA) is 35.5 Å². The van der Waals surface area contributed by atoms with E-state index in [1.54, 1.807) is 0 Å². The zero-order chi connectivity index (χ0) is 9.31. The van der Waals surface area contributed by atoms with E-state index >= 15 is 0 Å². The Balaban J connectivity index is 2.11. The van der Waals surface area contributed by atoms with Gasteiger partial charge < -0.3 is 9.47 Å². The van der Waals surface area contributed by atoms with Crippen LogP contribution in [0.2, 0.25) is 0 Å². The van der Waals surface area contributed by atoms with Gasteiger partial charge in [-0.05, 0) is 19.8 Å². The van der Waals surface area contributed by atoms with Crippen LogP contribution in [0, 0.1) is 5.41 Å². The van der Waals surface area contributed by atoms with Crippen molar-refractivity contribution in [1.29, 1.82) is 0 Å². The summed E-state index contributed by atoms with van der Waals surface area (Å²) in [4.78, 5) is 11.7. The van der Waals surface area contributed by atoms with Crippen molar-refractivity contribution in [3.8, 4) is 0 Å². The first-order valence-corrected chi connectivity index (χ1v) is 5.00. The lowest BCUT2D eigenvalue weighted by Crippen LogP contribution is -2.42. The van der Waals surface area contributed by atoms with E-state index < -0.39 is 0 Å². The molecule has 2 fully saturated rings. The van der Waals surface area contributed by atoms with E-state index in [2.05, 4.69) is 0 Å². The number of carbonyl (C=O) groups is 1. The van der Waals surface area contributed by atoms with E-state index in [4.69, 9.17) is 9.47 Å². The van der Waals surface area contributed by atoms with E-state index in [0.717, 1.165) is 19.3 Å². The molecule has 1 saturated heterocycles. The third-order valence-electron chi connectivity index (χ3n) is 3.13. The summed E-state index contributed by atoms with van der Waals surface area (Å²) in [6, 6.07) is 0. The van der Waals surface area contributed by atoms with Gasteiger partial charge in [-0.25, -0.2) is 0 Å². The van der Waals surface area contributed by atoms with Gasteiger partial charge in [0.2, 0.25) is 0 Å². The number of hydrogen-bond acceptors (Lipinski definition) is 3. The third-order valence-corrected chi connectivity index (χ3v) is 3.13. The van der Waals surface area contributed by atoms with Gasteiger partial charge in [0.1, 0.15) is 5.78 Å². The highest BCUT2D eigenvalue weighted by molar-refractivity contribution is 5.85. The lowest BCUT2D eigenvalue weighted by molar-refractivity contribution is -0.163. The molecule has 3 nitrogen and oxygen atoms in total. The van der Waals surface area contributed by atoms with Crippen molar-refractivity contribution in [2.45, 2.75) is 38.9 Å². The van der Waals surface area contributed by atoms with E-state index in [9.17, 15) is 4.79 Å². The van der Waals surface area contributed by atoms with E-state index in [1.165, 1.54) is 0 Å². The fraction of sp³-hybridized carbons (Fsp3) is 0.900. The quantitative estimate of drug-likeness (QED) is 0.619. The number of Topliss-reactive ketones (excluding diaryl/α,β-unsaturated/α-hetero) is 1. The Morgan fingerprint density at radius 2 is 2.00 bits per heavy atom. The van der Waals surface area contributed by atoms with Crippen LogP contribution in [0.15, 0.2) is 0 Å². The van der Waals surface area contributed by atoms with Crippen molar-refractivity contribution < 1.29 is 14.3 Å². The van der Waals surface area contributed by atoms with Gasteiger partial charge in [-0.15, -0.1) is 0 Å². The molecule has 1 unspecified atom stereocenters. The predicted molar refractivity (Wildman–Crippen MR) is 47.3 cm³/mol. The minimum atomic E-state index is -0.366. The SMILES string of the molecule is CC1(C2OCCO2)CCCCC1=O. The van der Waals surface area contributed by atoms with Crippen LogP contribution in [-0.4, -0.2) is 25.3 Å². The first kappa shape index (κ1) is 9.16. The second kappa shape index (κ2) is 3.39. The second-order valence-corrected chi connectivity index (χ2v) is 4.12. The van der Waals surface area contributed by atoms with Crippen LogP contribution >= 0.6 is 0 Å². The lowest BCUT2D eigenvalue weighted by atomic mass is 9.74. The average Bonchev–Trinajstić information content (AvgIpc) is 2.63. The summed E-state index contributed by atoms with van der Waals surface area (Å²) in [7, 11) is 0. The van der Waals surface area contributed by atoms with Crippen molar-refractivity contribution in [2.75, 3.05) is 13.2 Å². The Morgan fingerprint density at radius 1 is 1.31 bits per heavy atom. The standard InChI is InChI=1S/C10H16O3/c1-10(9-12-6-7-13-9)5-3-2-4-8(10)11/h9H,2-7H2,1H3. The van der Waals surface area contributed by atoms with E-state index in [1.807, 2.05) is 6.92 Å². The van der Waals surface area contributed by atoms with Crippen LogP contribution in [0.3, 0.4) is 0 Å². The summed E-state index contributed by atoms with van der Waals surface area (Å²) >= 11 is 0. The average molecular weight is 184 g/mol. The summed E-state index contributed by atoms with van der Waals surface area (Å²) < 4.78 is 10.8. The van der Waals surface area contributed by atoms with Crippen molar-refractivity contribution in [3.05, 3.63) is 0 Å². The molecule has 0 spiro atoms. The minimum Gasteiger partial charge on any atom is -0.349 e. The Kier molecular flexibility index (Phi) is 2.39. The van der Waals surface area contributed by atoms with Crippen LogP contribution in [0.25, 0.3) is 0 Å². The Morgan fingerprint density at radius 3 is 2.62 bits per heavy atom. The molecule has 0 aromatic heterocycles. The Bertz CT molecular complexity index is 208. The summed E-state index contributed by atoms with van der Waals surface area (Å²) in [5.74, 6) is 0.311. The third kappa shape index (κ3) is 1.51. The van der Waals surface area contributed by atoms with Gasteiger partial charge in [0.15, 0.2) is 6.29 Å². The maximum absolute atomic E-state index is 11.7. The van der Waals surface area contributed by atoms with Crippen molar-refractivity contribution >= 4 is 5.78 Å². The normalized spacial score (nSPS) is 36.8. The smallest absolute Gasteiger partial charge is 0.169 e. The molecule has 0 aromatic carbocycles. The maximum Gasteiger partial charge on any atom is 0.169 e. The summed E-state index contributed by atoms with van der Waals surface area (Å²) in [5.41, 5.74) is -0.366. The highest BCUT2D eigenvalue weighted by atomic mass is 16.7. The van der Waals surface area contributed by atoms with Crippen molar-refractivity contribution in [2.24, 2.45) is 5.41 Å². The zero-order valence-electron chi connectivity index (χ0n) is 8.04. The Labute approximate surface area is 78.4 Å². The molecule has 0 bridgehead atoms. The maximum atomic E-state index is 11.7. The van der Waals surface area contributed by atoms with Gasteiger partial charge in [-0.1, -0.05) is 6.42 Å². The van der Waals surface area contributed by atoms with Crippen molar-refractivity contribution in [1.82, 2.24) is 0 Å². The predicted octanol–water partition coefficient (Wildman–Crippen LogP) is 1.51. The Hall–Kier alpha value is -0.410. The zero-order valence-corrected chi connectivity index (χ0v) is 8.04. The highest BCUT2D eigenvalue weighted by Gasteiger charge is 2.45. The van der Waals surface area contributed by atoms with Crippen LogP contribution in [0.1, 0.15) is 32.6 Å². The molecule has 3 heteroatoms. The molecule has 0 radical (unpaired) electrons. The van der Waals surface area contributed by atoms with E-state index in [0.29, 0.717) is 25.4 Å². The highest BCUT2D eigenvalue weighted by Crippen LogP contribution is 2.39. The van der Waals surface area contributed by atoms with Crippen LogP contribution < -0.4 is 0 Å². The fourth-order valence-corrected chi connectivity index (χ4v) is 2.18. The summed E-state index contributed by atoms with van der Waals surface area (Å²) in [6.45, 7) is 3.24. The lowest BCUT2D eigenvalue weighted by Gasteiger charge is -2.35. The second-order valence-electron chi connectivity index (χ2n) is 4.12. The van der Waals surface area contributed by atoms with Crippen LogP contribution in [-0.2, 0) is 14.3 Å². The van der Waals surface area contributed by atoms with Crippen LogP contribution in [0.5, 0.6) is 0 Å². The summed E-state index contributed by atoms with van der Waals surface area (Å²) in [5, 5.41) is 0. The molecule has 0 aromatic rings. The van der Waals surface area contributed by atoms with Gasteiger partial charge in [0.05, 0.1) is 18.6 Å². The molecule has 2 aliphatic rings. The largest absolute Gasteiger partial charge is 0.349 e. The molecule has 1 heterocycles. The van der Waals surface area contributed by atoms with Gasteiger partial charge >= 0.3 is 0 Å². The molecule has 74 valence electrons. The molecule has 1 aliphatic carbocycles. The first-order chi connectivity index (χ1) is 6.23. The van der Waals surface area contributed by atoms with Gasteiger partial charge in [0.25, 0.3) is 0 Å². The first-order valence-electron chi connectivity index (χ1n) is 5.00. The molecule has 1 saturated carbocycles. The number of hydrogen-bond donors (Lipinski definition) is 0. The van der Waals surface area contributed by atoms with Gasteiger partial charge in [0, 0.05) is 6.42 Å². The minimum absolute atomic E-state index is 0.278. The van der Waals surface area contributed by atoms with Crippen LogP contribution in [0.4, 0.5) is 0 Å². The number of rotatable bonds is 1. The monoisotopic (exact) mass is 184 g/mol. The van der Waals surface area contributed by atoms with Gasteiger partial charge in [-0.3, -0.25) is 4.79 Å². The molecule has 2 rings (SSSR count). The van der Waals surface area contributed by atoms with E-state index in [-0.39, 0.29) is 11.7 Å². The fourth-order valence-electron chi connectivity index (χ4n) is 2.18. The number of carbonyl (C=O) groups excluding carboxylic acids is 1.